The molecule has 2 aliphatic heterocycles. The quantitative estimate of drug-likeness (QED) is 0.349. The second-order valence-corrected chi connectivity index (χ2v) is 10.6. The van der Waals surface area contributed by atoms with Crippen LogP contribution in [-0.4, -0.2) is 71.0 Å². The maximum absolute atomic E-state index is 13.4. The zero-order valence-electron chi connectivity index (χ0n) is 22.4. The van der Waals surface area contributed by atoms with E-state index in [0.717, 1.165) is 42.5 Å². The van der Waals surface area contributed by atoms with Crippen LogP contribution < -0.4 is 16.0 Å². The number of nitrogens with zero attached hydrogens (tertiary/aromatic N) is 1. The Hall–Kier alpha value is -3.72. The number of carboxylic acids is 1. The van der Waals surface area contributed by atoms with Gasteiger partial charge < -0.3 is 26.0 Å². The average molecular weight is 535 g/mol. The van der Waals surface area contributed by atoms with E-state index in [2.05, 4.69) is 16.0 Å². The molecule has 4 rings (SSSR count). The summed E-state index contributed by atoms with van der Waals surface area (Å²) in [5, 5.41) is 18.6. The van der Waals surface area contributed by atoms with Crippen molar-refractivity contribution in [3.63, 3.8) is 0 Å². The van der Waals surface area contributed by atoms with Crippen LogP contribution >= 0.6 is 0 Å². The fourth-order valence-electron chi connectivity index (χ4n) is 5.41. The molecule has 2 heterocycles. The van der Waals surface area contributed by atoms with Crippen molar-refractivity contribution < 1.29 is 24.3 Å². The number of likely N-dealkylation sites (tertiary alicyclic amines) is 1. The SMILES string of the molecule is Cc1ccc(CC(NC(=O)CC(Cc2ccccc2)NC(=O)C2CCCN2C(=O)C2CCCN2)C(=O)O)cc1. The number of hydrogen-bond acceptors (Lipinski definition) is 5. The van der Waals surface area contributed by atoms with E-state index in [1.165, 1.54) is 0 Å². The summed E-state index contributed by atoms with van der Waals surface area (Å²) >= 11 is 0. The van der Waals surface area contributed by atoms with Crippen LogP contribution in [0.15, 0.2) is 54.6 Å². The van der Waals surface area contributed by atoms with Crippen molar-refractivity contribution in [1.29, 1.82) is 0 Å². The standard InChI is InChI=1S/C30H38N4O5/c1-20-11-13-22(14-12-20)18-25(30(38)39)33-27(35)19-23(17-21-7-3-2-4-8-21)32-28(36)26-10-6-16-34(26)29(37)24-9-5-15-31-24/h2-4,7-8,11-14,23-26,31H,5-6,9-10,15-19H2,1H3,(H,32,36)(H,33,35)(H,38,39). The van der Waals surface area contributed by atoms with Crippen LogP contribution in [0.3, 0.4) is 0 Å². The second kappa shape index (κ2) is 13.4. The van der Waals surface area contributed by atoms with Crippen molar-refractivity contribution in [2.45, 2.75) is 76.0 Å². The van der Waals surface area contributed by atoms with Crippen molar-refractivity contribution in [3.05, 3.63) is 71.3 Å². The molecule has 0 aliphatic carbocycles. The molecule has 2 aliphatic rings. The van der Waals surface area contributed by atoms with E-state index in [9.17, 15) is 24.3 Å². The zero-order chi connectivity index (χ0) is 27.8. The van der Waals surface area contributed by atoms with E-state index >= 15 is 0 Å². The van der Waals surface area contributed by atoms with E-state index in [0.29, 0.717) is 19.4 Å². The molecule has 3 amide bonds. The maximum Gasteiger partial charge on any atom is 0.326 e. The van der Waals surface area contributed by atoms with Crippen LogP contribution in [0.4, 0.5) is 0 Å². The molecule has 0 spiro atoms. The summed E-state index contributed by atoms with van der Waals surface area (Å²) in [6.45, 7) is 3.29. The lowest BCUT2D eigenvalue weighted by atomic mass is 10.0. The van der Waals surface area contributed by atoms with Gasteiger partial charge in [0.15, 0.2) is 0 Å². The Morgan fingerprint density at radius 2 is 1.67 bits per heavy atom. The van der Waals surface area contributed by atoms with Gasteiger partial charge in [0.1, 0.15) is 12.1 Å². The Kier molecular flexibility index (Phi) is 9.70. The number of carbonyl (C=O) groups excluding carboxylic acids is 3. The first-order valence-electron chi connectivity index (χ1n) is 13.8. The third kappa shape index (κ3) is 7.89. The summed E-state index contributed by atoms with van der Waals surface area (Å²) in [5.41, 5.74) is 2.82. The van der Waals surface area contributed by atoms with E-state index < -0.39 is 30.0 Å². The van der Waals surface area contributed by atoms with Gasteiger partial charge in [0.05, 0.1) is 6.04 Å². The largest absolute Gasteiger partial charge is 0.480 e. The highest BCUT2D eigenvalue weighted by Gasteiger charge is 2.38. The number of amides is 3. The summed E-state index contributed by atoms with van der Waals surface area (Å²) < 4.78 is 0. The van der Waals surface area contributed by atoms with Gasteiger partial charge in [-0.25, -0.2) is 4.79 Å². The van der Waals surface area contributed by atoms with Gasteiger partial charge >= 0.3 is 5.97 Å². The third-order valence-corrected chi connectivity index (χ3v) is 7.49. The van der Waals surface area contributed by atoms with Crippen molar-refractivity contribution in [1.82, 2.24) is 20.9 Å². The van der Waals surface area contributed by atoms with Crippen molar-refractivity contribution in [2.24, 2.45) is 0 Å². The molecule has 2 aromatic carbocycles. The highest BCUT2D eigenvalue weighted by molar-refractivity contribution is 5.91. The van der Waals surface area contributed by atoms with Crippen LogP contribution in [0, 0.1) is 6.92 Å². The van der Waals surface area contributed by atoms with Gasteiger partial charge in [-0.2, -0.15) is 0 Å². The lowest BCUT2D eigenvalue weighted by Gasteiger charge is -2.28. The average Bonchev–Trinajstić information content (AvgIpc) is 3.62. The molecule has 0 radical (unpaired) electrons. The maximum atomic E-state index is 13.4. The lowest BCUT2D eigenvalue weighted by molar-refractivity contribution is -0.142. The number of rotatable bonds is 11. The number of aryl methyl sites for hydroxylation is 1. The van der Waals surface area contributed by atoms with Gasteiger partial charge in [0.2, 0.25) is 17.7 Å². The molecule has 9 heteroatoms. The summed E-state index contributed by atoms with van der Waals surface area (Å²) in [5.74, 6) is -1.89. The number of benzene rings is 2. The van der Waals surface area contributed by atoms with Crippen LogP contribution in [0.2, 0.25) is 0 Å². The summed E-state index contributed by atoms with van der Waals surface area (Å²) in [6, 6.07) is 14.6. The van der Waals surface area contributed by atoms with Gasteiger partial charge in [-0.1, -0.05) is 60.2 Å². The van der Waals surface area contributed by atoms with Crippen molar-refractivity contribution in [2.75, 3.05) is 13.1 Å². The minimum absolute atomic E-state index is 0.0390. The number of hydrogen-bond donors (Lipinski definition) is 4. The molecule has 2 fully saturated rings. The smallest absolute Gasteiger partial charge is 0.326 e. The molecule has 2 aromatic rings. The lowest BCUT2D eigenvalue weighted by Crippen LogP contribution is -2.53. The van der Waals surface area contributed by atoms with Crippen LogP contribution in [0.5, 0.6) is 0 Å². The normalized spacial score (nSPS) is 20.3. The first-order valence-corrected chi connectivity index (χ1v) is 13.8. The molecule has 4 N–H and O–H groups in total. The summed E-state index contributed by atoms with van der Waals surface area (Å²) in [7, 11) is 0. The van der Waals surface area contributed by atoms with E-state index in [4.69, 9.17) is 0 Å². The molecule has 4 atom stereocenters. The predicted molar refractivity (Wildman–Crippen MR) is 147 cm³/mol. The molecule has 4 unspecified atom stereocenters. The van der Waals surface area contributed by atoms with Crippen molar-refractivity contribution in [3.8, 4) is 0 Å². The van der Waals surface area contributed by atoms with Crippen LogP contribution in [0.1, 0.15) is 48.8 Å². The van der Waals surface area contributed by atoms with E-state index in [-0.39, 0.29) is 30.7 Å². The number of carboxylic acid groups (broad SMARTS) is 1. The summed E-state index contributed by atoms with van der Waals surface area (Å²) in [6.07, 6.45) is 3.52. The second-order valence-electron chi connectivity index (χ2n) is 10.6. The minimum Gasteiger partial charge on any atom is -0.480 e. The molecule has 0 saturated carbocycles. The van der Waals surface area contributed by atoms with Gasteiger partial charge in [0.25, 0.3) is 0 Å². The number of carbonyl (C=O) groups is 4. The van der Waals surface area contributed by atoms with E-state index in [1.54, 1.807) is 4.90 Å². The van der Waals surface area contributed by atoms with Gasteiger partial charge in [-0.3, -0.25) is 14.4 Å². The molecule has 0 bridgehead atoms. The molecule has 9 nitrogen and oxygen atoms in total. The Balaban J connectivity index is 1.42. The Morgan fingerprint density at radius 1 is 0.949 bits per heavy atom. The van der Waals surface area contributed by atoms with Crippen molar-refractivity contribution >= 4 is 23.7 Å². The van der Waals surface area contributed by atoms with E-state index in [1.807, 2.05) is 61.5 Å². The first kappa shape index (κ1) is 28.3. The molecule has 39 heavy (non-hydrogen) atoms. The molecule has 208 valence electrons. The van der Waals surface area contributed by atoms with Gasteiger partial charge in [0, 0.05) is 25.4 Å². The highest BCUT2D eigenvalue weighted by atomic mass is 16.4. The van der Waals surface area contributed by atoms with Gasteiger partial charge in [-0.15, -0.1) is 0 Å². The predicted octanol–water partition coefficient (Wildman–Crippen LogP) is 1.97. The Labute approximate surface area is 229 Å². The number of nitrogens with one attached hydrogen (secondary N) is 3. The van der Waals surface area contributed by atoms with Crippen LogP contribution in [-0.2, 0) is 32.0 Å². The fraction of sp³-hybridized carbons (Fsp3) is 0.467. The highest BCUT2D eigenvalue weighted by Crippen LogP contribution is 2.21. The monoisotopic (exact) mass is 534 g/mol. The third-order valence-electron chi connectivity index (χ3n) is 7.49. The summed E-state index contributed by atoms with van der Waals surface area (Å²) in [4.78, 5) is 53.1. The Bertz CT molecular complexity index is 1150. The zero-order valence-corrected chi connectivity index (χ0v) is 22.4. The molecule has 0 aromatic heterocycles. The van der Waals surface area contributed by atoms with Gasteiger partial charge in [-0.05, 0) is 56.7 Å². The molecule has 2 saturated heterocycles. The molecular weight excluding hydrogens is 496 g/mol. The van der Waals surface area contributed by atoms with Crippen LogP contribution in [0.25, 0.3) is 0 Å². The minimum atomic E-state index is -1.12. The Morgan fingerprint density at radius 3 is 2.33 bits per heavy atom. The molecular formula is C30H38N4O5. The first-order chi connectivity index (χ1) is 18.8. The topological polar surface area (TPSA) is 128 Å². The number of aliphatic carboxylic acids is 1. The fourth-order valence-corrected chi connectivity index (χ4v) is 5.41.